The lowest BCUT2D eigenvalue weighted by atomic mass is 10.1. The molecule has 0 unspecified atom stereocenters. The summed E-state index contributed by atoms with van der Waals surface area (Å²) in [5.74, 6) is -1.37. The summed E-state index contributed by atoms with van der Waals surface area (Å²) in [5, 5.41) is 30.2. The van der Waals surface area contributed by atoms with Crippen molar-refractivity contribution >= 4 is 23.6 Å². The highest BCUT2D eigenvalue weighted by molar-refractivity contribution is 6.32. The van der Waals surface area contributed by atoms with Crippen LogP contribution in [0.1, 0.15) is 19.4 Å². The van der Waals surface area contributed by atoms with Gasteiger partial charge in [-0.25, -0.2) is 0 Å². The van der Waals surface area contributed by atoms with Crippen molar-refractivity contribution in [3.05, 3.63) is 28.3 Å². The van der Waals surface area contributed by atoms with Gasteiger partial charge in [-0.3, -0.25) is 4.79 Å². The number of aromatic hydroxyl groups is 2. The van der Waals surface area contributed by atoms with Crippen molar-refractivity contribution in [2.24, 2.45) is 0 Å². The maximum Gasteiger partial charge on any atom is 0.262 e. The van der Waals surface area contributed by atoms with Crippen molar-refractivity contribution in [2.45, 2.75) is 19.9 Å². The first-order valence-electron chi connectivity index (χ1n) is 5.49. The molecule has 1 rings (SSSR count). The van der Waals surface area contributed by atoms with Crippen LogP contribution in [0.4, 0.5) is 0 Å². The highest BCUT2D eigenvalue weighted by atomic mass is 35.5. The molecule has 6 heteroatoms. The summed E-state index contributed by atoms with van der Waals surface area (Å²) in [5.41, 5.74) is 0.227. The number of benzene rings is 1. The van der Waals surface area contributed by atoms with Crippen LogP contribution in [0.15, 0.2) is 17.7 Å². The van der Waals surface area contributed by atoms with Gasteiger partial charge in [0.05, 0.1) is 5.02 Å². The van der Waals surface area contributed by atoms with E-state index in [9.17, 15) is 15.0 Å². The number of halogens is 1. The summed E-state index contributed by atoms with van der Waals surface area (Å²) in [7, 11) is 0. The number of nitriles is 1. The Morgan fingerprint density at radius 2 is 2.11 bits per heavy atom. The molecule has 0 aliphatic carbocycles. The lowest BCUT2D eigenvalue weighted by molar-refractivity contribution is -0.117. The quantitative estimate of drug-likeness (QED) is 0.449. The predicted molar refractivity (Wildman–Crippen MR) is 71.7 cm³/mol. The highest BCUT2D eigenvalue weighted by Crippen LogP contribution is 2.34. The van der Waals surface area contributed by atoms with Crippen LogP contribution in [0.2, 0.25) is 5.02 Å². The van der Waals surface area contributed by atoms with Crippen molar-refractivity contribution in [3.63, 3.8) is 0 Å². The Bertz CT molecular complexity index is 551. The molecule has 0 aromatic heterocycles. The van der Waals surface area contributed by atoms with Crippen LogP contribution in [-0.2, 0) is 4.79 Å². The van der Waals surface area contributed by atoms with Crippen LogP contribution in [0, 0.1) is 11.3 Å². The van der Waals surface area contributed by atoms with E-state index in [0.29, 0.717) is 5.56 Å². The molecule has 0 aliphatic rings. The Labute approximate surface area is 115 Å². The third-order valence-corrected chi connectivity index (χ3v) is 2.45. The summed E-state index contributed by atoms with van der Waals surface area (Å²) < 4.78 is 0. The van der Waals surface area contributed by atoms with Gasteiger partial charge in [-0.1, -0.05) is 11.6 Å². The average molecular weight is 281 g/mol. The van der Waals surface area contributed by atoms with Crippen LogP contribution in [0.3, 0.4) is 0 Å². The largest absolute Gasteiger partial charge is 0.504 e. The van der Waals surface area contributed by atoms with Crippen LogP contribution in [-0.4, -0.2) is 22.2 Å². The summed E-state index contributed by atoms with van der Waals surface area (Å²) in [6.45, 7) is 3.55. The molecule has 0 bridgehead atoms. The first kappa shape index (κ1) is 14.9. The fourth-order valence-electron chi connectivity index (χ4n) is 1.34. The van der Waals surface area contributed by atoms with Gasteiger partial charge in [0.15, 0.2) is 11.5 Å². The molecular weight excluding hydrogens is 268 g/mol. The molecular formula is C13H13ClN2O3. The molecule has 1 aromatic carbocycles. The van der Waals surface area contributed by atoms with E-state index in [0.717, 1.165) is 0 Å². The smallest absolute Gasteiger partial charge is 0.262 e. The van der Waals surface area contributed by atoms with Gasteiger partial charge in [-0.05, 0) is 37.6 Å². The molecule has 1 amide bonds. The van der Waals surface area contributed by atoms with Gasteiger partial charge in [0, 0.05) is 6.04 Å². The van der Waals surface area contributed by atoms with Crippen LogP contribution >= 0.6 is 11.6 Å². The number of carbonyl (C=O) groups excluding carboxylic acids is 1. The molecule has 1 aromatic rings. The Hall–Kier alpha value is -2.19. The molecule has 0 spiro atoms. The van der Waals surface area contributed by atoms with Gasteiger partial charge in [0.25, 0.3) is 5.91 Å². The van der Waals surface area contributed by atoms with E-state index in [4.69, 9.17) is 16.9 Å². The van der Waals surface area contributed by atoms with Crippen molar-refractivity contribution in [2.75, 3.05) is 0 Å². The molecule has 5 nitrogen and oxygen atoms in total. The standard InChI is InChI=1S/C13H13ClN2O3/c1-7(2)16-13(19)9(6-15)3-8-4-10(14)12(18)11(17)5-8/h3-5,7,17-18H,1-2H3,(H,16,19)/b9-3+. The van der Waals surface area contributed by atoms with E-state index in [-0.39, 0.29) is 16.6 Å². The van der Waals surface area contributed by atoms with E-state index < -0.39 is 17.4 Å². The van der Waals surface area contributed by atoms with Crippen LogP contribution in [0.5, 0.6) is 11.5 Å². The van der Waals surface area contributed by atoms with Crippen LogP contribution < -0.4 is 5.32 Å². The number of nitrogens with one attached hydrogen (secondary N) is 1. The monoisotopic (exact) mass is 280 g/mol. The van der Waals surface area contributed by atoms with E-state index in [1.807, 2.05) is 0 Å². The number of phenols is 2. The fraction of sp³-hybridized carbons (Fsp3) is 0.231. The Balaban J connectivity index is 3.12. The molecule has 100 valence electrons. The second-order valence-electron chi connectivity index (χ2n) is 4.17. The van der Waals surface area contributed by atoms with Gasteiger partial charge in [-0.15, -0.1) is 0 Å². The van der Waals surface area contributed by atoms with Crippen LogP contribution in [0.25, 0.3) is 6.08 Å². The van der Waals surface area contributed by atoms with Crippen molar-refractivity contribution in [3.8, 4) is 17.6 Å². The number of amides is 1. The average Bonchev–Trinajstić information content (AvgIpc) is 2.31. The predicted octanol–water partition coefficient (Wildman–Crippen LogP) is 2.18. The molecule has 0 aliphatic heterocycles. The molecule has 0 saturated heterocycles. The molecule has 0 fully saturated rings. The number of rotatable bonds is 3. The van der Waals surface area contributed by atoms with Gasteiger partial charge in [0.1, 0.15) is 11.6 Å². The fourth-order valence-corrected chi connectivity index (χ4v) is 1.57. The summed E-state index contributed by atoms with van der Waals surface area (Å²) in [4.78, 5) is 11.7. The van der Waals surface area contributed by atoms with Gasteiger partial charge < -0.3 is 15.5 Å². The normalized spacial score (nSPS) is 11.2. The lowest BCUT2D eigenvalue weighted by Gasteiger charge is -2.07. The van der Waals surface area contributed by atoms with E-state index >= 15 is 0 Å². The third kappa shape index (κ3) is 3.90. The minimum absolute atomic E-state index is 0.0622. The zero-order valence-electron chi connectivity index (χ0n) is 10.4. The second-order valence-corrected chi connectivity index (χ2v) is 4.58. The topological polar surface area (TPSA) is 93.4 Å². The molecule has 0 radical (unpaired) electrons. The minimum atomic E-state index is -0.513. The molecule has 3 N–H and O–H groups in total. The third-order valence-electron chi connectivity index (χ3n) is 2.16. The molecule has 0 saturated carbocycles. The Morgan fingerprint density at radius 1 is 1.47 bits per heavy atom. The maximum atomic E-state index is 11.7. The van der Waals surface area contributed by atoms with Gasteiger partial charge >= 0.3 is 0 Å². The summed E-state index contributed by atoms with van der Waals surface area (Å²) in [6, 6.07) is 4.23. The minimum Gasteiger partial charge on any atom is -0.504 e. The zero-order chi connectivity index (χ0) is 14.6. The number of nitrogens with zero attached hydrogens (tertiary/aromatic N) is 1. The Kier molecular flexibility index (Phi) is 4.79. The number of carbonyl (C=O) groups is 1. The summed E-state index contributed by atoms with van der Waals surface area (Å²) in [6.07, 6.45) is 1.28. The van der Waals surface area contributed by atoms with Crippen molar-refractivity contribution in [1.29, 1.82) is 5.26 Å². The first-order chi connectivity index (χ1) is 8.85. The Morgan fingerprint density at radius 3 is 2.58 bits per heavy atom. The van der Waals surface area contributed by atoms with E-state index in [2.05, 4.69) is 5.32 Å². The maximum absolute atomic E-state index is 11.7. The molecule has 19 heavy (non-hydrogen) atoms. The van der Waals surface area contributed by atoms with Gasteiger partial charge in [0.2, 0.25) is 0 Å². The van der Waals surface area contributed by atoms with E-state index in [1.165, 1.54) is 18.2 Å². The molecule has 0 heterocycles. The van der Waals surface area contributed by atoms with E-state index in [1.54, 1.807) is 19.9 Å². The van der Waals surface area contributed by atoms with Gasteiger partial charge in [-0.2, -0.15) is 5.26 Å². The van der Waals surface area contributed by atoms with Crippen molar-refractivity contribution < 1.29 is 15.0 Å². The lowest BCUT2D eigenvalue weighted by Crippen LogP contribution is -2.30. The summed E-state index contributed by atoms with van der Waals surface area (Å²) >= 11 is 5.69. The van der Waals surface area contributed by atoms with Crippen molar-refractivity contribution in [1.82, 2.24) is 5.32 Å². The highest BCUT2D eigenvalue weighted by Gasteiger charge is 2.12. The second kappa shape index (κ2) is 6.12. The molecule has 0 atom stereocenters. The SMILES string of the molecule is CC(C)NC(=O)/C(C#N)=C/c1cc(O)c(O)c(Cl)c1. The number of hydrogen-bond donors (Lipinski definition) is 3. The number of phenolic OH excluding ortho intramolecular Hbond substituents is 2. The zero-order valence-corrected chi connectivity index (χ0v) is 11.2. The first-order valence-corrected chi connectivity index (χ1v) is 5.87. The number of hydrogen-bond acceptors (Lipinski definition) is 4.